The lowest BCUT2D eigenvalue weighted by atomic mass is 9.93. The highest BCUT2D eigenvalue weighted by molar-refractivity contribution is 6.09. The van der Waals surface area contributed by atoms with Crippen molar-refractivity contribution in [1.82, 2.24) is 15.1 Å². The minimum Gasteiger partial charge on any atom is -0.334 e. The van der Waals surface area contributed by atoms with Crippen LogP contribution in [0, 0.1) is 5.82 Å². The Balaban J connectivity index is 1.74. The highest BCUT2D eigenvalue weighted by Crippen LogP contribution is 2.30. The van der Waals surface area contributed by atoms with Crippen molar-refractivity contribution in [3.63, 3.8) is 0 Å². The van der Waals surface area contributed by atoms with Crippen LogP contribution < -0.4 is 5.32 Å². The summed E-state index contributed by atoms with van der Waals surface area (Å²) in [4.78, 5) is 40.3. The Hall–Kier alpha value is -2.44. The minimum absolute atomic E-state index is 0.0463. The average molecular weight is 361 g/mol. The first-order chi connectivity index (χ1) is 12.4. The van der Waals surface area contributed by atoms with Crippen LogP contribution in [-0.2, 0) is 16.1 Å². The molecule has 2 fully saturated rings. The van der Waals surface area contributed by atoms with Crippen molar-refractivity contribution < 1.29 is 18.8 Å². The molecule has 1 saturated carbocycles. The second-order valence-electron chi connectivity index (χ2n) is 6.95. The van der Waals surface area contributed by atoms with Gasteiger partial charge in [-0.05, 0) is 31.7 Å². The van der Waals surface area contributed by atoms with Gasteiger partial charge in [-0.1, -0.05) is 32.0 Å². The van der Waals surface area contributed by atoms with Gasteiger partial charge in [-0.15, -0.1) is 0 Å². The van der Waals surface area contributed by atoms with Crippen LogP contribution in [0.4, 0.5) is 9.18 Å². The molecule has 0 radical (unpaired) electrons. The molecule has 0 spiro atoms. The molecule has 1 aliphatic carbocycles. The quantitative estimate of drug-likeness (QED) is 0.759. The maximum absolute atomic E-state index is 14.0. The molecule has 1 aliphatic heterocycles. The van der Waals surface area contributed by atoms with Gasteiger partial charge in [0.05, 0.1) is 0 Å². The lowest BCUT2D eigenvalue weighted by Gasteiger charge is -2.26. The first-order valence-electron chi connectivity index (χ1n) is 9.09. The highest BCUT2D eigenvalue weighted by Gasteiger charge is 2.49. The normalized spacial score (nSPS) is 18.8. The smallest absolute Gasteiger partial charge is 0.325 e. The summed E-state index contributed by atoms with van der Waals surface area (Å²) >= 11 is 0. The molecular formula is C19H24FN3O3. The lowest BCUT2D eigenvalue weighted by Crippen LogP contribution is -2.47. The second-order valence-corrected chi connectivity index (χ2v) is 6.95. The van der Waals surface area contributed by atoms with Crippen molar-refractivity contribution >= 4 is 17.8 Å². The number of carbonyl (C=O) groups is 3. The zero-order valence-electron chi connectivity index (χ0n) is 15.1. The van der Waals surface area contributed by atoms with Gasteiger partial charge >= 0.3 is 6.03 Å². The fourth-order valence-electron chi connectivity index (χ4n) is 3.39. The van der Waals surface area contributed by atoms with Crippen molar-refractivity contribution in [2.24, 2.45) is 0 Å². The Morgan fingerprint density at radius 3 is 2.46 bits per heavy atom. The zero-order chi connectivity index (χ0) is 18.9. The van der Waals surface area contributed by atoms with Crippen LogP contribution in [0.5, 0.6) is 0 Å². The molecule has 2 aliphatic rings. The van der Waals surface area contributed by atoms with E-state index in [1.807, 2.05) is 13.8 Å². The van der Waals surface area contributed by atoms with E-state index >= 15 is 0 Å². The van der Waals surface area contributed by atoms with Crippen molar-refractivity contribution in [2.75, 3.05) is 6.54 Å². The minimum atomic E-state index is -0.923. The van der Waals surface area contributed by atoms with Crippen LogP contribution >= 0.6 is 0 Å². The molecule has 4 amide bonds. The summed E-state index contributed by atoms with van der Waals surface area (Å²) in [6.07, 6.45) is 2.66. The van der Waals surface area contributed by atoms with E-state index in [9.17, 15) is 18.8 Å². The number of hydrogen-bond donors (Lipinski definition) is 1. The van der Waals surface area contributed by atoms with Gasteiger partial charge < -0.3 is 10.2 Å². The number of urea groups is 1. The summed E-state index contributed by atoms with van der Waals surface area (Å²) < 4.78 is 14.0. The van der Waals surface area contributed by atoms with Gasteiger partial charge in [-0.3, -0.25) is 14.5 Å². The van der Waals surface area contributed by atoms with Crippen molar-refractivity contribution in [3.8, 4) is 0 Å². The standard InChI is InChI=1S/C19H24FN3O3/c1-3-19(4-2)17(25)23(18(26)21-19)12-16(24)22(14-9-10-14)11-13-7-5-6-8-15(13)20/h5-8,14H,3-4,9-12H2,1-2H3,(H,21,26). The van der Waals surface area contributed by atoms with E-state index < -0.39 is 11.6 Å². The number of benzene rings is 1. The summed E-state index contributed by atoms with van der Waals surface area (Å²) in [6, 6.07) is 5.84. The number of carbonyl (C=O) groups excluding carboxylic acids is 3. The van der Waals surface area contributed by atoms with Crippen molar-refractivity contribution in [2.45, 2.75) is 57.7 Å². The Labute approximate surface area is 152 Å². The molecule has 0 atom stereocenters. The number of imide groups is 1. The van der Waals surface area contributed by atoms with Gasteiger partial charge in [-0.25, -0.2) is 9.18 Å². The number of rotatable bonds is 7. The maximum atomic E-state index is 14.0. The number of halogens is 1. The van der Waals surface area contributed by atoms with E-state index in [0.29, 0.717) is 18.4 Å². The Kier molecular flexibility index (Phi) is 4.98. The van der Waals surface area contributed by atoms with E-state index in [1.165, 1.54) is 6.07 Å². The van der Waals surface area contributed by atoms with E-state index in [2.05, 4.69) is 5.32 Å². The first-order valence-corrected chi connectivity index (χ1v) is 9.09. The molecule has 3 rings (SSSR count). The third-order valence-electron chi connectivity index (χ3n) is 5.35. The lowest BCUT2D eigenvalue weighted by molar-refractivity contribution is -0.139. The molecule has 1 saturated heterocycles. The number of nitrogens with zero attached hydrogens (tertiary/aromatic N) is 2. The van der Waals surface area contributed by atoms with Gasteiger partial charge in [0.2, 0.25) is 5.91 Å². The third kappa shape index (κ3) is 3.30. The number of hydrogen-bond acceptors (Lipinski definition) is 3. The van der Waals surface area contributed by atoms with Crippen LogP contribution in [0.3, 0.4) is 0 Å². The van der Waals surface area contributed by atoms with Crippen molar-refractivity contribution in [1.29, 1.82) is 0 Å². The van der Waals surface area contributed by atoms with E-state index in [0.717, 1.165) is 17.7 Å². The highest BCUT2D eigenvalue weighted by atomic mass is 19.1. The van der Waals surface area contributed by atoms with Gasteiger partial charge in [-0.2, -0.15) is 0 Å². The molecule has 0 unspecified atom stereocenters. The van der Waals surface area contributed by atoms with Crippen molar-refractivity contribution in [3.05, 3.63) is 35.6 Å². The first kappa shape index (κ1) is 18.4. The predicted molar refractivity (Wildman–Crippen MR) is 93.5 cm³/mol. The van der Waals surface area contributed by atoms with E-state index in [-0.39, 0.29) is 36.8 Å². The summed E-state index contributed by atoms with van der Waals surface area (Å²) in [5.41, 5.74) is -0.491. The monoisotopic (exact) mass is 361 g/mol. The summed E-state index contributed by atoms with van der Waals surface area (Å²) in [5.74, 6) is -1.05. The molecule has 7 heteroatoms. The molecular weight excluding hydrogens is 337 g/mol. The van der Waals surface area contributed by atoms with E-state index in [4.69, 9.17) is 0 Å². The molecule has 0 aromatic heterocycles. The van der Waals surface area contributed by atoms with Crippen LogP contribution in [-0.4, -0.2) is 45.8 Å². The third-order valence-corrected chi connectivity index (χ3v) is 5.35. The number of amides is 4. The molecule has 1 heterocycles. The fourth-order valence-corrected chi connectivity index (χ4v) is 3.39. The molecule has 26 heavy (non-hydrogen) atoms. The molecule has 1 N–H and O–H groups in total. The van der Waals surface area contributed by atoms with Gasteiger partial charge in [0.15, 0.2) is 0 Å². The Morgan fingerprint density at radius 1 is 1.27 bits per heavy atom. The van der Waals surface area contributed by atoms with Gasteiger partial charge in [0.1, 0.15) is 17.9 Å². The van der Waals surface area contributed by atoms with Crippen LogP contribution in [0.15, 0.2) is 24.3 Å². The summed E-state index contributed by atoms with van der Waals surface area (Å²) in [5, 5.41) is 2.72. The molecule has 1 aromatic rings. The Morgan fingerprint density at radius 2 is 1.92 bits per heavy atom. The average Bonchev–Trinajstić information content (AvgIpc) is 3.44. The predicted octanol–water partition coefficient (Wildman–Crippen LogP) is 2.43. The topological polar surface area (TPSA) is 69.7 Å². The Bertz CT molecular complexity index is 728. The second kappa shape index (κ2) is 7.05. The SMILES string of the molecule is CCC1(CC)NC(=O)N(CC(=O)N(Cc2ccccc2F)C2CC2)C1=O. The van der Waals surface area contributed by atoms with Crippen LogP contribution in [0.25, 0.3) is 0 Å². The van der Waals surface area contributed by atoms with Crippen LogP contribution in [0.1, 0.15) is 45.1 Å². The maximum Gasteiger partial charge on any atom is 0.325 e. The van der Waals surface area contributed by atoms with Gasteiger partial charge in [0.25, 0.3) is 5.91 Å². The van der Waals surface area contributed by atoms with Gasteiger partial charge in [0, 0.05) is 18.2 Å². The molecule has 1 aromatic carbocycles. The molecule has 0 bridgehead atoms. The molecule has 140 valence electrons. The van der Waals surface area contributed by atoms with Crippen LogP contribution in [0.2, 0.25) is 0 Å². The van der Waals surface area contributed by atoms with E-state index in [1.54, 1.807) is 23.1 Å². The fraction of sp³-hybridized carbons (Fsp3) is 0.526. The largest absolute Gasteiger partial charge is 0.334 e. The number of nitrogens with one attached hydrogen (secondary N) is 1. The zero-order valence-corrected chi connectivity index (χ0v) is 15.1. The summed E-state index contributed by atoms with van der Waals surface area (Å²) in [7, 11) is 0. The summed E-state index contributed by atoms with van der Waals surface area (Å²) in [6.45, 7) is 3.51. The molecule has 6 nitrogen and oxygen atoms in total.